The minimum atomic E-state index is 0.0985. The number of nitrogens with two attached hydrogens (primary N) is 1. The second-order valence-electron chi connectivity index (χ2n) is 4.70. The summed E-state index contributed by atoms with van der Waals surface area (Å²) in [5.41, 5.74) is 7.64. The molecule has 0 aliphatic rings. The van der Waals surface area contributed by atoms with E-state index in [2.05, 4.69) is 9.97 Å². The summed E-state index contributed by atoms with van der Waals surface area (Å²) < 4.78 is 10.5. The first-order chi connectivity index (χ1) is 9.62. The highest BCUT2D eigenvalue weighted by atomic mass is 16.5. The molecule has 0 spiro atoms. The lowest BCUT2D eigenvalue weighted by atomic mass is 10.1. The average molecular weight is 273 g/mol. The second-order valence-corrected chi connectivity index (χ2v) is 4.70. The molecule has 20 heavy (non-hydrogen) atoms. The lowest BCUT2D eigenvalue weighted by Gasteiger charge is -2.08. The van der Waals surface area contributed by atoms with E-state index in [9.17, 15) is 0 Å². The summed E-state index contributed by atoms with van der Waals surface area (Å²) in [6.45, 7) is 1.96. The largest absolute Gasteiger partial charge is 0.497 e. The first-order valence-corrected chi connectivity index (χ1v) is 6.42. The van der Waals surface area contributed by atoms with Crippen LogP contribution in [-0.2, 0) is 6.42 Å². The van der Waals surface area contributed by atoms with E-state index in [0.717, 1.165) is 17.5 Å². The van der Waals surface area contributed by atoms with Crippen LogP contribution in [0.1, 0.15) is 12.5 Å². The van der Waals surface area contributed by atoms with Crippen LogP contribution in [0, 0.1) is 0 Å². The Labute approximate surface area is 118 Å². The molecular formula is C15H19N3O2. The number of hydrogen-bond acceptors (Lipinski definition) is 5. The van der Waals surface area contributed by atoms with E-state index in [-0.39, 0.29) is 6.04 Å². The standard InChI is InChI=1S/C15H19N3O2/c1-10(16)4-11-8-17-15(18-9-11)12-5-13(19-2)7-14(6-12)20-3/h5-10H,4,16H2,1-3H3. The fourth-order valence-electron chi connectivity index (χ4n) is 1.92. The van der Waals surface area contributed by atoms with Gasteiger partial charge in [0.2, 0.25) is 0 Å². The van der Waals surface area contributed by atoms with Gasteiger partial charge in [-0.1, -0.05) is 0 Å². The number of nitrogens with zero attached hydrogens (tertiary/aromatic N) is 2. The Morgan fingerprint density at radius 2 is 1.60 bits per heavy atom. The molecule has 2 aromatic rings. The first kappa shape index (κ1) is 14.3. The fraction of sp³-hybridized carbons (Fsp3) is 0.333. The summed E-state index contributed by atoms with van der Waals surface area (Å²) in [7, 11) is 3.23. The zero-order chi connectivity index (χ0) is 14.5. The monoisotopic (exact) mass is 273 g/mol. The van der Waals surface area contributed by atoms with E-state index in [1.54, 1.807) is 26.6 Å². The van der Waals surface area contributed by atoms with Crippen molar-refractivity contribution in [1.82, 2.24) is 9.97 Å². The van der Waals surface area contributed by atoms with Crippen molar-refractivity contribution in [3.8, 4) is 22.9 Å². The normalized spacial score (nSPS) is 12.0. The zero-order valence-corrected chi connectivity index (χ0v) is 12.0. The number of aromatic nitrogens is 2. The van der Waals surface area contributed by atoms with E-state index < -0.39 is 0 Å². The highest BCUT2D eigenvalue weighted by molar-refractivity contribution is 5.60. The van der Waals surface area contributed by atoms with Crippen LogP contribution >= 0.6 is 0 Å². The van der Waals surface area contributed by atoms with Crippen LogP contribution in [0.2, 0.25) is 0 Å². The lowest BCUT2D eigenvalue weighted by molar-refractivity contribution is 0.394. The van der Waals surface area contributed by atoms with Gasteiger partial charge in [0, 0.05) is 30.1 Å². The fourth-order valence-corrected chi connectivity index (χ4v) is 1.92. The maximum absolute atomic E-state index is 5.76. The number of benzene rings is 1. The van der Waals surface area contributed by atoms with Crippen LogP contribution in [0.15, 0.2) is 30.6 Å². The highest BCUT2D eigenvalue weighted by Gasteiger charge is 2.07. The highest BCUT2D eigenvalue weighted by Crippen LogP contribution is 2.27. The van der Waals surface area contributed by atoms with Gasteiger partial charge in [-0.15, -0.1) is 0 Å². The van der Waals surface area contributed by atoms with Gasteiger partial charge in [0.1, 0.15) is 11.5 Å². The molecule has 5 nitrogen and oxygen atoms in total. The molecule has 0 aliphatic heterocycles. The number of hydrogen-bond donors (Lipinski definition) is 1. The minimum absolute atomic E-state index is 0.0985. The number of ether oxygens (including phenoxy) is 2. The summed E-state index contributed by atoms with van der Waals surface area (Å²) in [4.78, 5) is 8.75. The molecular weight excluding hydrogens is 254 g/mol. The lowest BCUT2D eigenvalue weighted by Crippen LogP contribution is -2.18. The smallest absolute Gasteiger partial charge is 0.159 e. The molecule has 1 aromatic carbocycles. The molecule has 5 heteroatoms. The van der Waals surface area contributed by atoms with Gasteiger partial charge >= 0.3 is 0 Å². The van der Waals surface area contributed by atoms with E-state index in [1.807, 2.05) is 25.1 Å². The van der Waals surface area contributed by atoms with Crippen molar-refractivity contribution in [2.75, 3.05) is 14.2 Å². The van der Waals surface area contributed by atoms with Gasteiger partial charge in [-0.3, -0.25) is 0 Å². The van der Waals surface area contributed by atoms with Crippen molar-refractivity contribution in [3.63, 3.8) is 0 Å². The molecule has 2 N–H and O–H groups in total. The van der Waals surface area contributed by atoms with Crippen molar-refractivity contribution in [3.05, 3.63) is 36.2 Å². The Hall–Kier alpha value is -2.14. The summed E-state index contributed by atoms with van der Waals surface area (Å²) >= 11 is 0. The third kappa shape index (κ3) is 3.45. The van der Waals surface area contributed by atoms with E-state index in [0.29, 0.717) is 17.3 Å². The zero-order valence-electron chi connectivity index (χ0n) is 12.0. The third-order valence-electron chi connectivity index (χ3n) is 2.87. The molecule has 0 saturated carbocycles. The Morgan fingerprint density at radius 1 is 1.05 bits per heavy atom. The van der Waals surface area contributed by atoms with Gasteiger partial charge < -0.3 is 15.2 Å². The van der Waals surface area contributed by atoms with Crippen LogP contribution in [0.3, 0.4) is 0 Å². The Bertz CT molecular complexity index is 546. The van der Waals surface area contributed by atoms with Crippen LogP contribution in [0.25, 0.3) is 11.4 Å². The molecule has 1 heterocycles. The second kappa shape index (κ2) is 6.34. The number of rotatable bonds is 5. The van der Waals surface area contributed by atoms with Crippen molar-refractivity contribution in [2.45, 2.75) is 19.4 Å². The van der Waals surface area contributed by atoms with Crippen LogP contribution in [0.5, 0.6) is 11.5 Å². The van der Waals surface area contributed by atoms with E-state index in [1.165, 1.54) is 0 Å². The van der Waals surface area contributed by atoms with Gasteiger partial charge in [0.05, 0.1) is 14.2 Å². The summed E-state index contributed by atoms with van der Waals surface area (Å²) in [6.07, 6.45) is 4.37. The molecule has 2 rings (SSSR count). The predicted octanol–water partition coefficient (Wildman–Crippen LogP) is 2.05. The Balaban J connectivity index is 2.31. The molecule has 0 bridgehead atoms. The molecule has 0 saturated heterocycles. The topological polar surface area (TPSA) is 70.3 Å². The van der Waals surface area contributed by atoms with Crippen LogP contribution < -0.4 is 15.2 Å². The Kier molecular flexibility index (Phi) is 4.53. The maximum atomic E-state index is 5.76. The molecule has 1 aromatic heterocycles. The van der Waals surface area contributed by atoms with Crippen molar-refractivity contribution in [2.24, 2.45) is 5.73 Å². The third-order valence-corrected chi connectivity index (χ3v) is 2.87. The van der Waals surface area contributed by atoms with E-state index >= 15 is 0 Å². The van der Waals surface area contributed by atoms with Gasteiger partial charge in [-0.05, 0) is 31.0 Å². The maximum Gasteiger partial charge on any atom is 0.159 e. The van der Waals surface area contributed by atoms with Gasteiger partial charge in [-0.2, -0.15) is 0 Å². The minimum Gasteiger partial charge on any atom is -0.497 e. The molecule has 0 fully saturated rings. The first-order valence-electron chi connectivity index (χ1n) is 6.42. The van der Waals surface area contributed by atoms with Crippen molar-refractivity contribution < 1.29 is 9.47 Å². The molecule has 1 atom stereocenters. The van der Waals surface area contributed by atoms with Gasteiger partial charge in [0.25, 0.3) is 0 Å². The Morgan fingerprint density at radius 3 is 2.05 bits per heavy atom. The van der Waals surface area contributed by atoms with Crippen molar-refractivity contribution in [1.29, 1.82) is 0 Å². The molecule has 106 valence electrons. The molecule has 1 unspecified atom stereocenters. The predicted molar refractivity (Wildman–Crippen MR) is 77.9 cm³/mol. The van der Waals surface area contributed by atoms with Gasteiger partial charge in [0.15, 0.2) is 5.82 Å². The van der Waals surface area contributed by atoms with Crippen molar-refractivity contribution >= 4 is 0 Å². The summed E-state index contributed by atoms with van der Waals surface area (Å²) in [6, 6.07) is 5.67. The van der Waals surface area contributed by atoms with Gasteiger partial charge in [-0.25, -0.2) is 9.97 Å². The van der Waals surface area contributed by atoms with Crippen LogP contribution in [-0.4, -0.2) is 30.2 Å². The van der Waals surface area contributed by atoms with E-state index in [4.69, 9.17) is 15.2 Å². The molecule has 0 aliphatic carbocycles. The molecule has 0 radical (unpaired) electrons. The summed E-state index contributed by atoms with van der Waals surface area (Å²) in [5.74, 6) is 2.06. The van der Waals surface area contributed by atoms with Crippen LogP contribution in [0.4, 0.5) is 0 Å². The molecule has 0 amide bonds. The summed E-state index contributed by atoms with van der Waals surface area (Å²) in [5, 5.41) is 0. The SMILES string of the molecule is COc1cc(OC)cc(-c2ncc(CC(C)N)cn2)c1. The quantitative estimate of drug-likeness (QED) is 0.902. The average Bonchev–Trinajstić information content (AvgIpc) is 2.46. The number of methoxy groups -OCH3 is 2.